The summed E-state index contributed by atoms with van der Waals surface area (Å²) in [5.41, 5.74) is 5.78. The van der Waals surface area contributed by atoms with Crippen molar-refractivity contribution >= 4 is 10.2 Å². The molecule has 2 N–H and O–H groups in total. The third-order valence-corrected chi connectivity index (χ3v) is 1.94. The summed E-state index contributed by atoms with van der Waals surface area (Å²) in [4.78, 5) is 0. The molecular weight excluding hydrogens is 118 g/mol. The summed E-state index contributed by atoms with van der Waals surface area (Å²) in [5.74, 6) is 0. The van der Waals surface area contributed by atoms with E-state index in [4.69, 9.17) is 10.5 Å². The Hall–Kier alpha value is 0.137. The Morgan fingerprint density at radius 1 is 1.75 bits per heavy atom. The van der Waals surface area contributed by atoms with E-state index < -0.39 is 0 Å². The van der Waals surface area contributed by atoms with Gasteiger partial charge in [-0.05, 0) is 19.9 Å². The zero-order chi connectivity index (χ0) is 6.41. The predicted molar refractivity (Wildman–Crippen MR) is 39.0 cm³/mol. The fraction of sp³-hybridized carbons (Fsp3) is 1.00. The van der Waals surface area contributed by atoms with Crippen molar-refractivity contribution in [1.82, 2.24) is 0 Å². The number of hydrogen-bond acceptors (Lipinski definition) is 2. The monoisotopic (exact) mass is 133 g/mol. The van der Waals surface area contributed by atoms with Gasteiger partial charge in [0.05, 0.1) is 0 Å². The molecule has 1 atom stereocenters. The van der Waals surface area contributed by atoms with E-state index in [-0.39, 0.29) is 0 Å². The Morgan fingerprint density at radius 2 is 2.38 bits per heavy atom. The van der Waals surface area contributed by atoms with Gasteiger partial charge in [0.1, 0.15) is 0 Å². The summed E-state index contributed by atoms with van der Waals surface area (Å²) in [7, 11) is 1.11. The highest BCUT2D eigenvalue weighted by atomic mass is 28.1. The Labute approximate surface area is 53.8 Å². The standard InChI is InChI=1S/C5H15NOSi/c1-2-7-5(8)3-4-6/h5H,2-4,6H2,1,8H3. The molecule has 0 aromatic rings. The van der Waals surface area contributed by atoms with Gasteiger partial charge in [-0.3, -0.25) is 0 Å². The quantitative estimate of drug-likeness (QED) is 0.503. The molecule has 0 heterocycles. The zero-order valence-corrected chi connectivity index (χ0v) is 7.68. The minimum atomic E-state index is 0.477. The first-order valence-electron chi connectivity index (χ1n) is 3.13. The second-order valence-electron chi connectivity index (χ2n) is 1.84. The minimum absolute atomic E-state index is 0.477. The van der Waals surface area contributed by atoms with Crippen molar-refractivity contribution in [3.8, 4) is 0 Å². The molecule has 0 radical (unpaired) electrons. The summed E-state index contributed by atoms with van der Waals surface area (Å²) in [5, 5.41) is 0. The molecule has 1 unspecified atom stereocenters. The van der Waals surface area contributed by atoms with E-state index in [1.807, 2.05) is 6.92 Å². The van der Waals surface area contributed by atoms with Crippen LogP contribution in [0.1, 0.15) is 13.3 Å². The van der Waals surface area contributed by atoms with Crippen molar-refractivity contribution in [3.05, 3.63) is 0 Å². The zero-order valence-electron chi connectivity index (χ0n) is 5.68. The summed E-state index contributed by atoms with van der Waals surface area (Å²) in [6.45, 7) is 3.60. The summed E-state index contributed by atoms with van der Waals surface area (Å²) >= 11 is 0. The van der Waals surface area contributed by atoms with Crippen LogP contribution in [0.2, 0.25) is 0 Å². The van der Waals surface area contributed by atoms with Crippen LogP contribution < -0.4 is 5.73 Å². The maximum atomic E-state index is 5.30. The number of hydrogen-bond donors (Lipinski definition) is 1. The van der Waals surface area contributed by atoms with Crippen LogP contribution >= 0.6 is 0 Å². The minimum Gasteiger partial charge on any atom is -0.383 e. The molecule has 0 aliphatic rings. The summed E-state index contributed by atoms with van der Waals surface area (Å²) < 4.78 is 5.26. The van der Waals surface area contributed by atoms with Crippen LogP contribution in [0, 0.1) is 0 Å². The van der Waals surface area contributed by atoms with Gasteiger partial charge in [-0.2, -0.15) is 0 Å². The van der Waals surface area contributed by atoms with Crippen LogP contribution in [0.4, 0.5) is 0 Å². The molecule has 0 aromatic carbocycles. The average Bonchev–Trinajstić information content (AvgIpc) is 1.68. The number of nitrogens with two attached hydrogens (primary N) is 1. The molecule has 0 saturated heterocycles. The fourth-order valence-corrected chi connectivity index (χ4v) is 1.27. The fourth-order valence-electron chi connectivity index (χ4n) is 0.603. The Bertz CT molecular complexity index is 45.7. The molecule has 0 aliphatic carbocycles. The van der Waals surface area contributed by atoms with Crippen LogP contribution in [-0.4, -0.2) is 29.1 Å². The van der Waals surface area contributed by atoms with E-state index in [1.165, 1.54) is 0 Å². The lowest BCUT2D eigenvalue weighted by atomic mass is 10.5. The van der Waals surface area contributed by atoms with Crippen LogP contribution in [0.5, 0.6) is 0 Å². The molecule has 50 valence electrons. The Kier molecular flexibility index (Phi) is 5.37. The summed E-state index contributed by atoms with van der Waals surface area (Å²) in [6, 6.07) is 0. The smallest absolute Gasteiger partial charge is 0.0436 e. The van der Waals surface area contributed by atoms with Crippen LogP contribution in [0.3, 0.4) is 0 Å². The van der Waals surface area contributed by atoms with Gasteiger partial charge in [0.15, 0.2) is 0 Å². The van der Waals surface area contributed by atoms with Gasteiger partial charge in [0, 0.05) is 22.6 Å². The van der Waals surface area contributed by atoms with Gasteiger partial charge < -0.3 is 10.5 Å². The largest absolute Gasteiger partial charge is 0.383 e. The number of rotatable bonds is 4. The lowest BCUT2D eigenvalue weighted by molar-refractivity contribution is 0.115. The lowest BCUT2D eigenvalue weighted by Crippen LogP contribution is -2.17. The molecule has 0 saturated carbocycles. The highest BCUT2D eigenvalue weighted by Crippen LogP contribution is 1.88. The predicted octanol–water partition coefficient (Wildman–Crippen LogP) is -0.937. The highest BCUT2D eigenvalue weighted by molar-refractivity contribution is 6.10. The first kappa shape index (κ1) is 8.14. The van der Waals surface area contributed by atoms with Gasteiger partial charge in [-0.15, -0.1) is 0 Å². The van der Waals surface area contributed by atoms with Gasteiger partial charge in [-0.1, -0.05) is 0 Å². The van der Waals surface area contributed by atoms with Crippen molar-refractivity contribution in [2.45, 2.75) is 19.1 Å². The SMILES string of the molecule is CCOC([SiH3])CCN. The molecule has 0 spiro atoms. The number of ether oxygens (including phenoxy) is 1. The first-order valence-corrected chi connectivity index (χ1v) is 4.28. The Balaban J connectivity index is 2.92. The molecule has 8 heavy (non-hydrogen) atoms. The van der Waals surface area contributed by atoms with E-state index in [1.54, 1.807) is 0 Å². The molecule has 3 heteroatoms. The molecule has 0 amide bonds. The van der Waals surface area contributed by atoms with Crippen LogP contribution in [0.15, 0.2) is 0 Å². The van der Waals surface area contributed by atoms with E-state index in [9.17, 15) is 0 Å². The van der Waals surface area contributed by atoms with Crippen molar-refractivity contribution in [2.24, 2.45) is 5.73 Å². The first-order chi connectivity index (χ1) is 3.81. The second kappa shape index (κ2) is 5.28. The van der Waals surface area contributed by atoms with Crippen molar-refractivity contribution in [1.29, 1.82) is 0 Å². The highest BCUT2D eigenvalue weighted by Gasteiger charge is 1.95. The third-order valence-electron chi connectivity index (χ3n) is 1.02. The van der Waals surface area contributed by atoms with Gasteiger partial charge in [-0.25, -0.2) is 0 Å². The second-order valence-corrected chi connectivity index (χ2v) is 3.13. The van der Waals surface area contributed by atoms with Crippen molar-refractivity contribution in [2.75, 3.05) is 13.2 Å². The van der Waals surface area contributed by atoms with E-state index in [2.05, 4.69) is 0 Å². The topological polar surface area (TPSA) is 35.2 Å². The normalized spacial score (nSPS) is 14.2. The van der Waals surface area contributed by atoms with E-state index in [0.717, 1.165) is 29.8 Å². The Morgan fingerprint density at radius 3 is 2.75 bits per heavy atom. The van der Waals surface area contributed by atoms with Crippen LogP contribution in [-0.2, 0) is 4.74 Å². The molecule has 0 aliphatic heterocycles. The molecule has 0 bridgehead atoms. The molecule has 0 fully saturated rings. The third kappa shape index (κ3) is 4.30. The van der Waals surface area contributed by atoms with Crippen molar-refractivity contribution < 1.29 is 4.74 Å². The maximum absolute atomic E-state index is 5.30. The van der Waals surface area contributed by atoms with Gasteiger partial charge >= 0.3 is 0 Å². The van der Waals surface area contributed by atoms with E-state index in [0.29, 0.717) is 5.73 Å². The van der Waals surface area contributed by atoms with Gasteiger partial charge in [0.2, 0.25) is 0 Å². The average molecular weight is 133 g/mol. The molecule has 0 rings (SSSR count). The molecular formula is C5H15NOSi. The molecule has 2 nitrogen and oxygen atoms in total. The van der Waals surface area contributed by atoms with Crippen molar-refractivity contribution in [3.63, 3.8) is 0 Å². The van der Waals surface area contributed by atoms with Gasteiger partial charge in [0.25, 0.3) is 0 Å². The van der Waals surface area contributed by atoms with Crippen LogP contribution in [0.25, 0.3) is 0 Å². The molecule has 0 aromatic heterocycles. The lowest BCUT2D eigenvalue weighted by Gasteiger charge is -2.08. The maximum Gasteiger partial charge on any atom is 0.0436 e. The van der Waals surface area contributed by atoms with E-state index >= 15 is 0 Å². The summed E-state index contributed by atoms with van der Waals surface area (Å²) in [6.07, 6.45) is 1.03.